The fourth-order valence-electron chi connectivity index (χ4n) is 2.69. The van der Waals surface area contributed by atoms with Crippen molar-refractivity contribution in [1.82, 2.24) is 4.57 Å². The van der Waals surface area contributed by atoms with Crippen LogP contribution in [0, 0.1) is 25.2 Å². The molecule has 0 radical (unpaired) electrons. The minimum atomic E-state index is -0.105. The molecule has 5 nitrogen and oxygen atoms in total. The Morgan fingerprint density at radius 2 is 1.93 bits per heavy atom. The highest BCUT2D eigenvalue weighted by atomic mass is 35.5. The first kappa shape index (κ1) is 21.4. The van der Waals surface area contributed by atoms with E-state index < -0.39 is 0 Å². The molecular weight excluding hydrogens is 392 g/mol. The first-order chi connectivity index (χ1) is 13.0. The summed E-state index contributed by atoms with van der Waals surface area (Å²) < 4.78 is 1.95. The van der Waals surface area contributed by atoms with Gasteiger partial charge in [0.1, 0.15) is 0 Å². The standard InChI is InChI=1S/C21H20N4OS.ClH/c1-14-4-9-19(15(2)10-14)24-21-25(3)18(13-27-21)11-20(26)23-17-7-5-16(12-22)6-8-17;/h4-10,13H,11H2,1-3H3,(H,23,26);1H. The van der Waals surface area contributed by atoms with Crippen molar-refractivity contribution in [2.24, 2.45) is 12.0 Å². The second-order valence-corrected chi connectivity index (χ2v) is 7.22. The molecule has 0 saturated heterocycles. The van der Waals surface area contributed by atoms with E-state index in [2.05, 4.69) is 24.4 Å². The number of carbonyl (C=O) groups is 1. The van der Waals surface area contributed by atoms with Gasteiger partial charge in [-0.3, -0.25) is 4.79 Å². The molecule has 28 heavy (non-hydrogen) atoms. The fourth-order valence-corrected chi connectivity index (χ4v) is 3.60. The van der Waals surface area contributed by atoms with Crippen LogP contribution in [0.2, 0.25) is 0 Å². The summed E-state index contributed by atoms with van der Waals surface area (Å²) in [7, 11) is 1.92. The lowest BCUT2D eigenvalue weighted by atomic mass is 10.1. The zero-order chi connectivity index (χ0) is 19.4. The largest absolute Gasteiger partial charge is 0.326 e. The predicted molar refractivity (Wildman–Crippen MR) is 115 cm³/mol. The third-order valence-corrected chi connectivity index (χ3v) is 5.19. The van der Waals surface area contributed by atoms with Gasteiger partial charge in [0.15, 0.2) is 4.80 Å². The van der Waals surface area contributed by atoms with Crippen molar-refractivity contribution in [1.29, 1.82) is 5.26 Å². The van der Waals surface area contributed by atoms with Gasteiger partial charge in [0.05, 0.1) is 23.7 Å². The molecule has 144 valence electrons. The molecule has 0 aliphatic heterocycles. The summed E-state index contributed by atoms with van der Waals surface area (Å²) in [4.78, 5) is 17.9. The highest BCUT2D eigenvalue weighted by Crippen LogP contribution is 2.19. The predicted octanol–water partition coefficient (Wildman–Crippen LogP) is 4.41. The fraction of sp³-hybridized carbons (Fsp3) is 0.190. The molecule has 7 heteroatoms. The summed E-state index contributed by atoms with van der Waals surface area (Å²) in [6, 6.07) is 15.0. The minimum Gasteiger partial charge on any atom is -0.326 e. The highest BCUT2D eigenvalue weighted by molar-refractivity contribution is 7.07. The number of amides is 1. The van der Waals surface area contributed by atoms with Crippen LogP contribution < -0.4 is 10.1 Å². The molecule has 3 rings (SSSR count). The summed E-state index contributed by atoms with van der Waals surface area (Å²) in [5.41, 5.74) is 5.42. The topological polar surface area (TPSA) is 70.2 Å². The van der Waals surface area contributed by atoms with E-state index in [9.17, 15) is 4.79 Å². The molecule has 0 saturated carbocycles. The number of nitriles is 1. The van der Waals surface area contributed by atoms with Crippen LogP contribution in [0.25, 0.3) is 0 Å². The number of benzene rings is 2. The first-order valence-electron chi connectivity index (χ1n) is 8.51. The lowest BCUT2D eigenvalue weighted by Gasteiger charge is -2.06. The molecule has 2 aromatic carbocycles. The zero-order valence-corrected chi connectivity index (χ0v) is 17.5. The number of hydrogen-bond donors (Lipinski definition) is 1. The quantitative estimate of drug-likeness (QED) is 0.689. The van der Waals surface area contributed by atoms with Gasteiger partial charge < -0.3 is 9.88 Å². The molecule has 3 aromatic rings. The van der Waals surface area contributed by atoms with E-state index in [1.165, 1.54) is 16.9 Å². The van der Waals surface area contributed by atoms with Gasteiger partial charge in [-0.05, 0) is 49.7 Å². The van der Waals surface area contributed by atoms with Gasteiger partial charge in [-0.2, -0.15) is 5.26 Å². The van der Waals surface area contributed by atoms with E-state index in [4.69, 9.17) is 10.3 Å². The van der Waals surface area contributed by atoms with Crippen LogP contribution in [-0.2, 0) is 18.3 Å². The average Bonchev–Trinajstić information content (AvgIpc) is 2.98. The van der Waals surface area contributed by atoms with E-state index in [0.717, 1.165) is 21.7 Å². The number of carbonyl (C=O) groups excluding carboxylic acids is 1. The van der Waals surface area contributed by atoms with Crippen molar-refractivity contribution < 1.29 is 4.79 Å². The normalized spacial score (nSPS) is 10.9. The molecule has 0 atom stereocenters. The van der Waals surface area contributed by atoms with Gasteiger partial charge in [0, 0.05) is 23.8 Å². The van der Waals surface area contributed by atoms with Gasteiger partial charge in [-0.25, -0.2) is 4.99 Å². The summed E-state index contributed by atoms with van der Waals surface area (Å²) in [6.45, 7) is 4.11. The van der Waals surface area contributed by atoms with Crippen molar-refractivity contribution >= 4 is 41.0 Å². The van der Waals surface area contributed by atoms with Crippen LogP contribution >= 0.6 is 23.7 Å². The Labute approximate surface area is 174 Å². The lowest BCUT2D eigenvalue weighted by molar-refractivity contribution is -0.115. The van der Waals surface area contributed by atoms with Crippen molar-refractivity contribution in [2.75, 3.05) is 5.32 Å². The third-order valence-electron chi connectivity index (χ3n) is 4.23. The van der Waals surface area contributed by atoms with Gasteiger partial charge in [0.2, 0.25) is 5.91 Å². The Morgan fingerprint density at radius 1 is 1.21 bits per heavy atom. The minimum absolute atomic E-state index is 0. The second-order valence-electron chi connectivity index (χ2n) is 6.38. The van der Waals surface area contributed by atoms with E-state index >= 15 is 0 Å². The number of anilines is 1. The molecule has 1 aromatic heterocycles. The Kier molecular flexibility index (Phi) is 7.16. The van der Waals surface area contributed by atoms with Crippen LogP contribution in [-0.4, -0.2) is 10.5 Å². The Morgan fingerprint density at radius 3 is 2.57 bits per heavy atom. The van der Waals surface area contributed by atoms with E-state index in [1.807, 2.05) is 36.1 Å². The van der Waals surface area contributed by atoms with Crippen molar-refractivity contribution in [3.8, 4) is 6.07 Å². The molecule has 0 bridgehead atoms. The van der Waals surface area contributed by atoms with Crippen LogP contribution in [0.4, 0.5) is 11.4 Å². The smallest absolute Gasteiger partial charge is 0.230 e. The van der Waals surface area contributed by atoms with E-state index in [1.54, 1.807) is 24.3 Å². The van der Waals surface area contributed by atoms with Gasteiger partial charge >= 0.3 is 0 Å². The Bertz CT molecular complexity index is 1090. The number of rotatable bonds is 4. The molecule has 1 heterocycles. The number of aromatic nitrogens is 1. The SMILES string of the molecule is Cc1ccc(N=c2scc(CC(=O)Nc3ccc(C#N)cc3)n2C)c(C)c1.Cl. The van der Waals surface area contributed by atoms with Crippen LogP contribution in [0.3, 0.4) is 0 Å². The molecule has 0 aliphatic carbocycles. The van der Waals surface area contributed by atoms with Crippen molar-refractivity contribution in [2.45, 2.75) is 20.3 Å². The Hall–Kier alpha value is -2.88. The number of aryl methyl sites for hydroxylation is 2. The second kappa shape index (κ2) is 9.36. The molecule has 0 spiro atoms. The first-order valence-corrected chi connectivity index (χ1v) is 9.39. The molecule has 1 amide bonds. The lowest BCUT2D eigenvalue weighted by Crippen LogP contribution is -2.19. The average molecular weight is 413 g/mol. The van der Waals surface area contributed by atoms with Crippen LogP contribution in [0.1, 0.15) is 22.4 Å². The van der Waals surface area contributed by atoms with E-state index in [-0.39, 0.29) is 24.7 Å². The summed E-state index contributed by atoms with van der Waals surface area (Å²) in [5.74, 6) is -0.105. The molecule has 0 unspecified atom stereocenters. The number of thiazole rings is 1. The molecule has 0 fully saturated rings. The van der Waals surface area contributed by atoms with Gasteiger partial charge in [-0.1, -0.05) is 17.7 Å². The van der Waals surface area contributed by atoms with Gasteiger partial charge in [-0.15, -0.1) is 23.7 Å². The summed E-state index contributed by atoms with van der Waals surface area (Å²) in [5, 5.41) is 13.6. The third kappa shape index (κ3) is 5.10. The number of halogens is 1. The van der Waals surface area contributed by atoms with Crippen LogP contribution in [0.5, 0.6) is 0 Å². The maximum absolute atomic E-state index is 12.3. The molecule has 0 aliphatic rings. The van der Waals surface area contributed by atoms with Crippen molar-refractivity contribution in [3.05, 3.63) is 75.0 Å². The van der Waals surface area contributed by atoms with E-state index in [0.29, 0.717) is 11.3 Å². The summed E-state index contributed by atoms with van der Waals surface area (Å²) >= 11 is 1.52. The zero-order valence-electron chi connectivity index (χ0n) is 15.9. The number of nitrogens with zero attached hydrogens (tertiary/aromatic N) is 3. The van der Waals surface area contributed by atoms with Gasteiger partial charge in [0.25, 0.3) is 0 Å². The maximum Gasteiger partial charge on any atom is 0.230 e. The Balaban J connectivity index is 0.00000280. The monoisotopic (exact) mass is 412 g/mol. The summed E-state index contributed by atoms with van der Waals surface area (Å²) in [6.07, 6.45) is 0.259. The number of hydrogen-bond acceptors (Lipinski definition) is 4. The molecule has 1 N–H and O–H groups in total. The van der Waals surface area contributed by atoms with Crippen molar-refractivity contribution in [3.63, 3.8) is 0 Å². The maximum atomic E-state index is 12.3. The molecular formula is C21H21ClN4OS. The number of nitrogens with one attached hydrogen (secondary N) is 1. The van der Waals surface area contributed by atoms with Crippen LogP contribution in [0.15, 0.2) is 52.8 Å². The highest BCUT2D eigenvalue weighted by Gasteiger charge is 2.09.